The topological polar surface area (TPSA) is 58.9 Å². The van der Waals surface area contributed by atoms with E-state index < -0.39 is 0 Å². The fourth-order valence-electron chi connectivity index (χ4n) is 2.96. The number of para-hydroxylation sites is 2. The second-order valence-electron chi connectivity index (χ2n) is 7.75. The molecule has 32 heavy (non-hydrogen) atoms. The largest absolute Gasteiger partial charge is 0.494 e. The Bertz CT molecular complexity index is 1160. The van der Waals surface area contributed by atoms with Gasteiger partial charge < -0.3 is 4.74 Å². The Kier molecular flexibility index (Phi) is 7.25. The molecule has 5 nitrogen and oxygen atoms in total. The summed E-state index contributed by atoms with van der Waals surface area (Å²) in [5.74, 6) is 2.12. The molecule has 0 spiro atoms. The lowest BCUT2D eigenvalue weighted by Crippen LogP contribution is -2.18. The molecule has 0 fully saturated rings. The number of aromatic nitrogens is 1. The minimum absolute atomic E-state index is 0.613. The van der Waals surface area contributed by atoms with Gasteiger partial charge in [-0.15, -0.1) is 11.3 Å². The van der Waals surface area contributed by atoms with Crippen LogP contribution < -0.4 is 10.2 Å². The molecule has 0 bridgehead atoms. The van der Waals surface area contributed by atoms with Crippen LogP contribution in [0.1, 0.15) is 30.8 Å². The number of hydrogen-bond acceptors (Lipinski definition) is 5. The number of rotatable bonds is 8. The SMILES string of the molecule is CC(C)CCOc1ccc(/C=N/NC(=Nc2ccccc2)c2nc3ccccc3s2)cc1. The van der Waals surface area contributed by atoms with Gasteiger partial charge in [-0.2, -0.15) is 5.10 Å². The lowest BCUT2D eigenvalue weighted by Gasteiger charge is -2.08. The predicted molar refractivity (Wildman–Crippen MR) is 134 cm³/mol. The summed E-state index contributed by atoms with van der Waals surface area (Å²) in [4.78, 5) is 9.46. The van der Waals surface area contributed by atoms with E-state index in [4.69, 9.17) is 14.7 Å². The average molecular weight is 443 g/mol. The van der Waals surface area contributed by atoms with Crippen LogP contribution in [-0.4, -0.2) is 23.6 Å². The molecule has 162 valence electrons. The molecule has 0 saturated carbocycles. The standard InChI is InChI=1S/C26H26N4OS/c1-19(2)16-17-31-22-14-12-20(13-15-22)18-27-30-25(28-21-8-4-3-5-9-21)26-29-23-10-6-7-11-24(23)32-26/h3-15,18-19H,16-17H2,1-2H3,(H,28,30)/b27-18+. The number of thiazole rings is 1. The van der Waals surface area contributed by atoms with E-state index in [9.17, 15) is 0 Å². The Morgan fingerprint density at radius 2 is 1.75 bits per heavy atom. The van der Waals surface area contributed by atoms with Crippen molar-refractivity contribution in [2.45, 2.75) is 20.3 Å². The number of ether oxygens (including phenoxy) is 1. The zero-order chi connectivity index (χ0) is 22.2. The Morgan fingerprint density at radius 1 is 1.00 bits per heavy atom. The molecule has 4 aromatic rings. The van der Waals surface area contributed by atoms with Crippen molar-refractivity contribution in [3.05, 3.63) is 89.4 Å². The maximum Gasteiger partial charge on any atom is 0.183 e. The van der Waals surface area contributed by atoms with Crippen molar-refractivity contribution in [3.63, 3.8) is 0 Å². The van der Waals surface area contributed by atoms with Crippen LogP contribution in [0.15, 0.2) is 89.0 Å². The van der Waals surface area contributed by atoms with Gasteiger partial charge in [0.2, 0.25) is 0 Å². The van der Waals surface area contributed by atoms with Crippen LogP contribution in [0, 0.1) is 5.92 Å². The van der Waals surface area contributed by atoms with Gasteiger partial charge in [-0.25, -0.2) is 9.98 Å². The van der Waals surface area contributed by atoms with Crippen molar-refractivity contribution in [2.75, 3.05) is 6.61 Å². The van der Waals surface area contributed by atoms with E-state index >= 15 is 0 Å². The molecule has 0 unspecified atom stereocenters. The lowest BCUT2D eigenvalue weighted by molar-refractivity contribution is 0.289. The van der Waals surface area contributed by atoms with Gasteiger partial charge in [0.05, 0.1) is 28.7 Å². The molecule has 0 aliphatic rings. The molecule has 0 aliphatic carbocycles. The van der Waals surface area contributed by atoms with Crippen LogP contribution in [0.5, 0.6) is 5.75 Å². The van der Waals surface area contributed by atoms with E-state index in [0.29, 0.717) is 11.8 Å². The third-order valence-corrected chi connectivity index (χ3v) is 5.76. The van der Waals surface area contributed by atoms with Crippen molar-refractivity contribution in [2.24, 2.45) is 16.0 Å². The molecular formula is C26H26N4OS. The second kappa shape index (κ2) is 10.7. The summed E-state index contributed by atoms with van der Waals surface area (Å²) in [5, 5.41) is 5.21. The Morgan fingerprint density at radius 3 is 2.50 bits per heavy atom. The van der Waals surface area contributed by atoms with Crippen LogP contribution >= 0.6 is 11.3 Å². The quantitative estimate of drug-likeness (QED) is 0.194. The summed E-state index contributed by atoms with van der Waals surface area (Å²) in [6, 6.07) is 25.8. The highest BCUT2D eigenvalue weighted by Gasteiger charge is 2.10. The molecule has 0 amide bonds. The maximum atomic E-state index is 5.78. The van der Waals surface area contributed by atoms with Crippen LogP contribution in [-0.2, 0) is 0 Å². The maximum absolute atomic E-state index is 5.78. The molecule has 0 saturated heterocycles. The van der Waals surface area contributed by atoms with E-state index in [-0.39, 0.29) is 0 Å². The summed E-state index contributed by atoms with van der Waals surface area (Å²) in [5.41, 5.74) is 5.85. The van der Waals surface area contributed by atoms with Crippen molar-refractivity contribution in [1.29, 1.82) is 0 Å². The molecule has 1 heterocycles. The molecule has 1 aromatic heterocycles. The average Bonchev–Trinajstić information content (AvgIpc) is 3.24. The fourth-order valence-corrected chi connectivity index (χ4v) is 3.86. The van der Waals surface area contributed by atoms with Crippen LogP contribution in [0.25, 0.3) is 10.2 Å². The van der Waals surface area contributed by atoms with Crippen LogP contribution in [0.2, 0.25) is 0 Å². The van der Waals surface area contributed by atoms with E-state index in [1.165, 1.54) is 0 Å². The third-order valence-electron chi connectivity index (χ3n) is 4.72. The van der Waals surface area contributed by atoms with Crippen molar-refractivity contribution in [3.8, 4) is 5.75 Å². The molecule has 0 atom stereocenters. The Labute approximate surface area is 192 Å². The van der Waals surface area contributed by atoms with Gasteiger partial charge in [0.1, 0.15) is 5.75 Å². The summed E-state index contributed by atoms with van der Waals surface area (Å²) in [6.45, 7) is 5.12. The summed E-state index contributed by atoms with van der Waals surface area (Å²) in [6.07, 6.45) is 2.81. The molecule has 0 radical (unpaired) electrons. The molecule has 3 aromatic carbocycles. The van der Waals surface area contributed by atoms with Crippen LogP contribution in [0.4, 0.5) is 5.69 Å². The molecule has 1 N–H and O–H groups in total. The smallest absolute Gasteiger partial charge is 0.183 e. The van der Waals surface area contributed by atoms with Gasteiger partial charge in [-0.1, -0.05) is 44.2 Å². The lowest BCUT2D eigenvalue weighted by atomic mass is 10.1. The van der Waals surface area contributed by atoms with Gasteiger partial charge in [-0.05, 0) is 66.4 Å². The first-order valence-electron chi connectivity index (χ1n) is 10.7. The van der Waals surface area contributed by atoms with Crippen molar-refractivity contribution < 1.29 is 4.74 Å². The minimum atomic E-state index is 0.613. The van der Waals surface area contributed by atoms with Gasteiger partial charge in [0.15, 0.2) is 10.8 Å². The highest BCUT2D eigenvalue weighted by atomic mass is 32.1. The third kappa shape index (κ3) is 6.02. The van der Waals surface area contributed by atoms with E-state index in [1.807, 2.05) is 72.8 Å². The van der Waals surface area contributed by atoms with Gasteiger partial charge >= 0.3 is 0 Å². The van der Waals surface area contributed by atoms with Crippen molar-refractivity contribution >= 4 is 39.3 Å². The number of aliphatic imine (C=N–C) groups is 1. The first-order valence-corrected chi connectivity index (χ1v) is 11.5. The number of fused-ring (bicyclic) bond motifs is 1. The Hall–Kier alpha value is -3.51. The molecule has 4 rings (SSSR count). The number of nitrogens with zero attached hydrogens (tertiary/aromatic N) is 3. The first-order chi connectivity index (χ1) is 15.7. The van der Waals surface area contributed by atoms with E-state index in [0.717, 1.165) is 45.3 Å². The number of hydrazone groups is 1. The zero-order valence-corrected chi connectivity index (χ0v) is 19.0. The monoisotopic (exact) mass is 442 g/mol. The highest BCUT2D eigenvalue weighted by molar-refractivity contribution is 7.20. The van der Waals surface area contributed by atoms with Gasteiger partial charge in [-0.3, -0.25) is 5.43 Å². The zero-order valence-electron chi connectivity index (χ0n) is 18.2. The number of nitrogens with one attached hydrogen (secondary N) is 1. The fraction of sp³-hybridized carbons (Fsp3) is 0.192. The normalized spacial score (nSPS) is 12.0. The minimum Gasteiger partial charge on any atom is -0.494 e. The first kappa shape index (κ1) is 21.7. The number of hydrogen-bond donors (Lipinski definition) is 1. The van der Waals surface area contributed by atoms with Crippen molar-refractivity contribution in [1.82, 2.24) is 10.4 Å². The highest BCUT2D eigenvalue weighted by Crippen LogP contribution is 2.23. The van der Waals surface area contributed by atoms with Gasteiger partial charge in [0, 0.05) is 0 Å². The van der Waals surface area contributed by atoms with Gasteiger partial charge in [0.25, 0.3) is 0 Å². The van der Waals surface area contributed by atoms with E-state index in [1.54, 1.807) is 17.6 Å². The molecule has 0 aliphatic heterocycles. The number of amidine groups is 1. The summed E-state index contributed by atoms with van der Waals surface area (Å²) in [7, 11) is 0. The number of benzene rings is 3. The summed E-state index contributed by atoms with van der Waals surface area (Å²) < 4.78 is 6.89. The molecular weight excluding hydrogens is 416 g/mol. The Balaban J connectivity index is 1.49. The summed E-state index contributed by atoms with van der Waals surface area (Å²) >= 11 is 1.59. The predicted octanol–water partition coefficient (Wildman–Crippen LogP) is 6.42. The molecule has 6 heteroatoms. The second-order valence-corrected chi connectivity index (χ2v) is 8.78. The van der Waals surface area contributed by atoms with E-state index in [2.05, 4.69) is 30.4 Å². The van der Waals surface area contributed by atoms with Crippen LogP contribution in [0.3, 0.4) is 0 Å².